The minimum atomic E-state index is -1.07. The van der Waals surface area contributed by atoms with Crippen molar-refractivity contribution >= 4 is 24.0 Å². The number of carbonyl (C=O) groups excluding carboxylic acids is 1. The topological polar surface area (TPSA) is 80.4 Å². The van der Waals surface area contributed by atoms with Gasteiger partial charge in [-0.2, -0.15) is 0 Å². The molecule has 1 aromatic rings. The molecule has 0 aliphatic rings. The van der Waals surface area contributed by atoms with Gasteiger partial charge in [-0.1, -0.05) is 0 Å². The van der Waals surface area contributed by atoms with Gasteiger partial charge >= 0.3 is 5.97 Å². The highest BCUT2D eigenvalue weighted by atomic mass is 16.4. The molecular formula is C11H11NO3. The molecule has 4 heteroatoms. The van der Waals surface area contributed by atoms with Gasteiger partial charge in [0.2, 0.25) is 0 Å². The Morgan fingerprint density at radius 3 is 2.67 bits per heavy atom. The number of carboxylic acid groups (broad SMARTS) is 1. The van der Waals surface area contributed by atoms with Crippen LogP contribution >= 0.6 is 0 Å². The van der Waals surface area contributed by atoms with Crippen molar-refractivity contribution in [2.45, 2.75) is 6.92 Å². The lowest BCUT2D eigenvalue weighted by Gasteiger charge is -2.06. The van der Waals surface area contributed by atoms with Crippen LogP contribution in [-0.2, 0) is 4.79 Å². The summed E-state index contributed by atoms with van der Waals surface area (Å²) in [6, 6.07) is 3.22. The quantitative estimate of drug-likeness (QED) is 0.445. The number of rotatable bonds is 3. The molecule has 15 heavy (non-hydrogen) atoms. The van der Waals surface area contributed by atoms with E-state index in [1.165, 1.54) is 18.2 Å². The molecule has 4 nitrogen and oxygen atoms in total. The molecule has 0 saturated heterocycles. The van der Waals surface area contributed by atoms with Gasteiger partial charge in [0.1, 0.15) is 6.29 Å². The predicted molar refractivity (Wildman–Crippen MR) is 57.6 cm³/mol. The number of nitrogens with two attached hydrogens (primary N) is 1. The Kier molecular flexibility index (Phi) is 3.23. The Bertz CT molecular complexity index is 436. The molecule has 0 fully saturated rings. The first-order valence-electron chi connectivity index (χ1n) is 4.31. The minimum absolute atomic E-state index is 0.0561. The number of hydrogen-bond acceptors (Lipinski definition) is 3. The van der Waals surface area contributed by atoms with Gasteiger partial charge in [-0.3, -0.25) is 4.79 Å². The Balaban J connectivity index is 3.34. The molecule has 0 spiro atoms. The first-order chi connectivity index (χ1) is 7.06. The van der Waals surface area contributed by atoms with Crippen LogP contribution < -0.4 is 5.73 Å². The summed E-state index contributed by atoms with van der Waals surface area (Å²) >= 11 is 0. The largest absolute Gasteiger partial charge is 0.478 e. The summed E-state index contributed by atoms with van der Waals surface area (Å²) in [6.07, 6.45) is 3.38. The Morgan fingerprint density at radius 1 is 1.47 bits per heavy atom. The summed E-state index contributed by atoms with van der Waals surface area (Å²) in [5, 5.41) is 8.87. The average molecular weight is 205 g/mol. The molecule has 0 unspecified atom stereocenters. The summed E-state index contributed by atoms with van der Waals surface area (Å²) in [4.78, 5) is 21.0. The minimum Gasteiger partial charge on any atom is -0.478 e. The Labute approximate surface area is 87.0 Å². The first kappa shape index (κ1) is 11.0. The Morgan fingerprint density at radius 2 is 2.13 bits per heavy atom. The molecule has 0 atom stereocenters. The van der Waals surface area contributed by atoms with Gasteiger partial charge in [-0.25, -0.2) is 4.79 Å². The van der Waals surface area contributed by atoms with E-state index < -0.39 is 5.97 Å². The number of allylic oxidation sites excluding steroid dienone is 1. The molecule has 1 rings (SSSR count). The van der Waals surface area contributed by atoms with E-state index in [0.29, 0.717) is 11.8 Å². The van der Waals surface area contributed by atoms with E-state index in [4.69, 9.17) is 10.8 Å². The van der Waals surface area contributed by atoms with E-state index in [-0.39, 0.29) is 11.3 Å². The van der Waals surface area contributed by atoms with E-state index in [0.717, 1.165) is 5.56 Å². The summed E-state index contributed by atoms with van der Waals surface area (Å²) in [7, 11) is 0. The van der Waals surface area contributed by atoms with E-state index in [9.17, 15) is 9.59 Å². The number of hydrogen-bond donors (Lipinski definition) is 2. The first-order valence-corrected chi connectivity index (χ1v) is 4.31. The van der Waals surface area contributed by atoms with Crippen LogP contribution in [0.3, 0.4) is 0 Å². The van der Waals surface area contributed by atoms with Gasteiger partial charge in [0.25, 0.3) is 0 Å². The summed E-state index contributed by atoms with van der Waals surface area (Å²) in [5.74, 6) is -1.07. The van der Waals surface area contributed by atoms with Gasteiger partial charge in [0, 0.05) is 0 Å². The van der Waals surface area contributed by atoms with E-state index in [1.54, 1.807) is 13.0 Å². The highest BCUT2D eigenvalue weighted by Crippen LogP contribution is 2.21. The predicted octanol–water partition coefficient (Wildman–Crippen LogP) is 1.49. The third kappa shape index (κ3) is 2.43. The highest BCUT2D eigenvalue weighted by molar-refractivity contribution is 5.96. The van der Waals surface area contributed by atoms with Crippen LogP contribution in [0.2, 0.25) is 0 Å². The lowest BCUT2D eigenvalue weighted by atomic mass is 10.0. The second kappa shape index (κ2) is 4.41. The lowest BCUT2D eigenvalue weighted by molar-refractivity contribution is -0.104. The maximum absolute atomic E-state index is 10.8. The van der Waals surface area contributed by atoms with Gasteiger partial charge in [-0.15, -0.1) is 0 Å². The fourth-order valence-electron chi connectivity index (χ4n) is 1.28. The van der Waals surface area contributed by atoms with Crippen molar-refractivity contribution in [3.63, 3.8) is 0 Å². The van der Waals surface area contributed by atoms with Crippen LogP contribution in [-0.4, -0.2) is 17.4 Å². The normalized spacial score (nSPS) is 10.5. The van der Waals surface area contributed by atoms with Crippen molar-refractivity contribution in [1.29, 1.82) is 0 Å². The van der Waals surface area contributed by atoms with Gasteiger partial charge in [0.05, 0.1) is 11.3 Å². The van der Waals surface area contributed by atoms with Crippen molar-refractivity contribution in [3.8, 4) is 0 Å². The monoisotopic (exact) mass is 205 g/mol. The molecule has 0 aliphatic carbocycles. The lowest BCUT2D eigenvalue weighted by Crippen LogP contribution is -2.04. The molecule has 0 aromatic heterocycles. The molecule has 0 radical (unpaired) electrons. The van der Waals surface area contributed by atoms with Gasteiger partial charge < -0.3 is 10.8 Å². The SMILES string of the molecule is Cc1cc(C=CC=O)c(N)c(C(=O)O)c1. The molecule has 3 N–H and O–H groups in total. The van der Waals surface area contributed by atoms with Gasteiger partial charge in [-0.05, 0) is 42.3 Å². The smallest absolute Gasteiger partial charge is 0.337 e. The molecule has 0 amide bonds. The van der Waals surface area contributed by atoms with Crippen molar-refractivity contribution in [2.24, 2.45) is 0 Å². The summed E-state index contributed by atoms with van der Waals surface area (Å²) in [5.41, 5.74) is 7.20. The number of aromatic carboxylic acids is 1. The highest BCUT2D eigenvalue weighted by Gasteiger charge is 2.10. The number of carbonyl (C=O) groups is 2. The second-order valence-electron chi connectivity index (χ2n) is 3.12. The molecule has 0 aliphatic heterocycles. The fourth-order valence-corrected chi connectivity index (χ4v) is 1.28. The molecular weight excluding hydrogens is 194 g/mol. The van der Waals surface area contributed by atoms with Crippen molar-refractivity contribution in [2.75, 3.05) is 5.73 Å². The molecule has 0 heterocycles. The maximum atomic E-state index is 10.8. The number of aldehydes is 1. The zero-order chi connectivity index (χ0) is 11.4. The van der Waals surface area contributed by atoms with Crippen molar-refractivity contribution in [3.05, 3.63) is 34.9 Å². The second-order valence-corrected chi connectivity index (χ2v) is 3.12. The van der Waals surface area contributed by atoms with E-state index >= 15 is 0 Å². The van der Waals surface area contributed by atoms with Crippen LogP contribution in [0.15, 0.2) is 18.2 Å². The molecule has 1 aromatic carbocycles. The number of anilines is 1. The molecule has 0 bridgehead atoms. The zero-order valence-corrected chi connectivity index (χ0v) is 8.23. The standard InChI is InChI=1S/C11H11NO3/c1-7-5-8(3-2-4-13)10(12)9(6-7)11(14)15/h2-6H,12H2,1H3,(H,14,15). The zero-order valence-electron chi connectivity index (χ0n) is 8.23. The third-order valence-corrected chi connectivity index (χ3v) is 1.94. The number of benzene rings is 1. The maximum Gasteiger partial charge on any atom is 0.337 e. The summed E-state index contributed by atoms with van der Waals surface area (Å²) in [6.45, 7) is 1.77. The number of carboxylic acids is 1. The molecule has 0 saturated carbocycles. The van der Waals surface area contributed by atoms with E-state index in [2.05, 4.69) is 0 Å². The van der Waals surface area contributed by atoms with Crippen LogP contribution in [0.1, 0.15) is 21.5 Å². The number of nitrogen functional groups attached to an aromatic ring is 1. The summed E-state index contributed by atoms with van der Waals surface area (Å²) < 4.78 is 0. The van der Waals surface area contributed by atoms with E-state index in [1.807, 2.05) is 0 Å². The van der Waals surface area contributed by atoms with Crippen LogP contribution in [0, 0.1) is 6.92 Å². The van der Waals surface area contributed by atoms with Crippen LogP contribution in [0.5, 0.6) is 0 Å². The number of aryl methyl sites for hydroxylation is 1. The van der Waals surface area contributed by atoms with Crippen LogP contribution in [0.25, 0.3) is 6.08 Å². The van der Waals surface area contributed by atoms with Gasteiger partial charge in [0.15, 0.2) is 0 Å². The third-order valence-electron chi connectivity index (χ3n) is 1.94. The fraction of sp³-hybridized carbons (Fsp3) is 0.0909. The van der Waals surface area contributed by atoms with Crippen molar-refractivity contribution in [1.82, 2.24) is 0 Å². The van der Waals surface area contributed by atoms with Crippen LogP contribution in [0.4, 0.5) is 5.69 Å². The van der Waals surface area contributed by atoms with Crippen molar-refractivity contribution < 1.29 is 14.7 Å². The Hall–Kier alpha value is -2.10. The average Bonchev–Trinajstić information content (AvgIpc) is 2.18. The molecule has 78 valence electrons.